The van der Waals surface area contributed by atoms with Gasteiger partial charge in [0.15, 0.2) is 0 Å². The van der Waals surface area contributed by atoms with Crippen LogP contribution in [0.3, 0.4) is 0 Å². The van der Waals surface area contributed by atoms with Crippen LogP contribution < -0.4 is 4.72 Å². The number of benzene rings is 2. The molecule has 1 fully saturated rings. The van der Waals surface area contributed by atoms with Crippen molar-refractivity contribution in [3.63, 3.8) is 0 Å². The molecule has 2 aromatic rings. The minimum Gasteiger partial charge on any atom is -0.330 e. The number of amides is 1. The molecule has 1 heterocycles. The number of hydrogen-bond acceptors (Lipinski definition) is 3. The predicted octanol–water partition coefficient (Wildman–Crippen LogP) is 7.13. The molecule has 1 N–H and O–H groups in total. The number of nitrogens with one attached hydrogen (secondary N) is 1. The van der Waals surface area contributed by atoms with E-state index in [0.717, 1.165) is 11.1 Å². The predicted molar refractivity (Wildman–Crippen MR) is 154 cm³/mol. The number of carbonyl (C=O) groups excluding carboxylic acids is 1. The Labute approximate surface area is 232 Å². The fraction of sp³-hybridized carbons (Fsp3) is 0.483. The molecule has 3 rings (SSSR count). The van der Waals surface area contributed by atoms with Gasteiger partial charge in [0.25, 0.3) is 0 Å². The Morgan fingerprint density at radius 2 is 1.78 bits per heavy atom. The van der Waals surface area contributed by atoms with Crippen molar-refractivity contribution in [3.8, 4) is 0 Å². The number of likely N-dealkylation sites (tertiary alicyclic amines) is 1. The van der Waals surface area contributed by atoms with E-state index in [-0.39, 0.29) is 30.5 Å². The van der Waals surface area contributed by atoms with Gasteiger partial charge in [-0.3, -0.25) is 4.79 Å². The minimum atomic E-state index is -3.60. The summed E-state index contributed by atoms with van der Waals surface area (Å²) in [4.78, 5) is 16.2. The molecule has 2 aromatic carbocycles. The van der Waals surface area contributed by atoms with Crippen LogP contribution in [0.15, 0.2) is 61.2 Å². The van der Waals surface area contributed by atoms with E-state index in [2.05, 4.69) is 11.3 Å². The molecule has 1 aliphatic rings. The first-order valence-electron chi connectivity index (χ1n) is 12.7. The second kappa shape index (κ2) is 11.5. The lowest BCUT2D eigenvalue weighted by Crippen LogP contribution is -2.58. The van der Waals surface area contributed by atoms with Crippen molar-refractivity contribution in [1.29, 1.82) is 0 Å². The van der Waals surface area contributed by atoms with Gasteiger partial charge >= 0.3 is 0 Å². The standard InChI is InChI=1S/C29H38Cl2N2O3S/c1-7-16-29(6)18-25(21-10-9-11-23(31)17-21)26(20-12-14-22(30)15-13-20)33(27(29)34)24(8-2)19-32-37(35,36)28(3,4)5/h7,9-15,17,24-26,32H,1,8,16,18-19H2,2-6H3/t24-,25?,26+,29-/m0/s1. The van der Waals surface area contributed by atoms with Crippen molar-refractivity contribution in [2.24, 2.45) is 5.41 Å². The van der Waals surface area contributed by atoms with Crippen LogP contribution in [-0.2, 0) is 14.8 Å². The summed E-state index contributed by atoms with van der Waals surface area (Å²) in [7, 11) is -3.60. The average molecular weight is 566 g/mol. The van der Waals surface area contributed by atoms with Crippen LogP contribution in [0.1, 0.15) is 77.0 Å². The zero-order chi connectivity index (χ0) is 27.6. The molecule has 0 aliphatic carbocycles. The van der Waals surface area contributed by atoms with E-state index in [1.807, 2.05) is 67.3 Å². The third-order valence-electron chi connectivity index (χ3n) is 7.37. The third-order valence-corrected chi connectivity index (χ3v) is 10.0. The first kappa shape index (κ1) is 29.7. The molecule has 37 heavy (non-hydrogen) atoms. The zero-order valence-corrected chi connectivity index (χ0v) is 24.6. The van der Waals surface area contributed by atoms with Crippen LogP contribution >= 0.6 is 23.2 Å². The zero-order valence-electron chi connectivity index (χ0n) is 22.3. The molecule has 0 saturated carbocycles. The topological polar surface area (TPSA) is 66.5 Å². The summed E-state index contributed by atoms with van der Waals surface area (Å²) in [6.07, 6.45) is 3.48. The number of carbonyl (C=O) groups is 1. The number of sulfonamides is 1. The number of piperidine rings is 1. The molecule has 0 spiro atoms. The molecular formula is C29H38Cl2N2O3S. The third kappa shape index (κ3) is 6.42. The van der Waals surface area contributed by atoms with Crippen LogP contribution in [0.25, 0.3) is 0 Å². The van der Waals surface area contributed by atoms with Crippen molar-refractivity contribution >= 4 is 39.1 Å². The highest BCUT2D eigenvalue weighted by atomic mass is 35.5. The van der Waals surface area contributed by atoms with E-state index in [1.54, 1.807) is 26.8 Å². The lowest BCUT2D eigenvalue weighted by atomic mass is 9.67. The number of rotatable bonds is 9. The van der Waals surface area contributed by atoms with Crippen LogP contribution in [0.2, 0.25) is 10.0 Å². The number of hydrogen-bond donors (Lipinski definition) is 1. The van der Waals surface area contributed by atoms with Crippen molar-refractivity contribution in [2.45, 2.75) is 76.6 Å². The van der Waals surface area contributed by atoms with Crippen molar-refractivity contribution in [3.05, 3.63) is 82.4 Å². The van der Waals surface area contributed by atoms with Crippen molar-refractivity contribution < 1.29 is 13.2 Å². The van der Waals surface area contributed by atoms with Gasteiger partial charge in [-0.15, -0.1) is 6.58 Å². The molecule has 1 saturated heterocycles. The lowest BCUT2D eigenvalue weighted by Gasteiger charge is -2.52. The largest absolute Gasteiger partial charge is 0.330 e. The maximum Gasteiger partial charge on any atom is 0.229 e. The van der Waals surface area contributed by atoms with Crippen LogP contribution in [-0.4, -0.2) is 36.6 Å². The second-order valence-corrected chi connectivity index (χ2v) is 14.5. The smallest absolute Gasteiger partial charge is 0.229 e. The van der Waals surface area contributed by atoms with Gasteiger partial charge in [-0.2, -0.15) is 0 Å². The van der Waals surface area contributed by atoms with E-state index in [4.69, 9.17) is 23.2 Å². The van der Waals surface area contributed by atoms with E-state index in [0.29, 0.717) is 29.3 Å². The molecule has 0 aromatic heterocycles. The normalized spacial score (nSPS) is 23.6. The monoisotopic (exact) mass is 564 g/mol. The second-order valence-electron chi connectivity index (χ2n) is 11.2. The van der Waals surface area contributed by atoms with Crippen LogP contribution in [0, 0.1) is 5.41 Å². The average Bonchev–Trinajstić information content (AvgIpc) is 2.82. The maximum atomic E-state index is 14.3. The molecule has 0 bridgehead atoms. The Kier molecular flexibility index (Phi) is 9.22. The van der Waals surface area contributed by atoms with E-state index < -0.39 is 20.2 Å². The summed E-state index contributed by atoms with van der Waals surface area (Å²) in [6.45, 7) is 13.0. The Balaban J connectivity index is 2.18. The summed E-state index contributed by atoms with van der Waals surface area (Å²) in [5.74, 6) is -0.0803. The highest BCUT2D eigenvalue weighted by molar-refractivity contribution is 7.90. The molecule has 1 aliphatic heterocycles. The number of halogens is 2. The fourth-order valence-corrected chi connectivity index (χ4v) is 6.32. The molecule has 5 nitrogen and oxygen atoms in total. The van der Waals surface area contributed by atoms with Gasteiger partial charge in [0.1, 0.15) is 0 Å². The van der Waals surface area contributed by atoms with Gasteiger partial charge in [-0.25, -0.2) is 13.1 Å². The Morgan fingerprint density at radius 3 is 2.32 bits per heavy atom. The van der Waals surface area contributed by atoms with Crippen LogP contribution in [0.5, 0.6) is 0 Å². The summed E-state index contributed by atoms with van der Waals surface area (Å²) in [6, 6.07) is 14.6. The summed E-state index contributed by atoms with van der Waals surface area (Å²) < 4.78 is 27.7. The van der Waals surface area contributed by atoms with E-state index in [9.17, 15) is 13.2 Å². The molecule has 1 unspecified atom stereocenters. The highest BCUT2D eigenvalue weighted by Gasteiger charge is 2.51. The van der Waals surface area contributed by atoms with Gasteiger partial charge in [0.2, 0.25) is 15.9 Å². The summed E-state index contributed by atoms with van der Waals surface area (Å²) in [5, 5.41) is 1.24. The van der Waals surface area contributed by atoms with Crippen LogP contribution in [0.4, 0.5) is 0 Å². The molecule has 8 heteroatoms. The Hall–Kier alpha value is -1.86. The Bertz CT molecular complexity index is 1220. The fourth-order valence-electron chi connectivity index (χ4n) is 5.15. The molecule has 1 amide bonds. The first-order chi connectivity index (χ1) is 17.2. The van der Waals surface area contributed by atoms with Gasteiger partial charge in [-0.05, 0) is 75.4 Å². The summed E-state index contributed by atoms with van der Waals surface area (Å²) in [5.41, 5.74) is 1.28. The molecule has 0 radical (unpaired) electrons. The first-order valence-corrected chi connectivity index (χ1v) is 14.9. The Morgan fingerprint density at radius 1 is 1.14 bits per heavy atom. The van der Waals surface area contributed by atoms with E-state index in [1.165, 1.54) is 0 Å². The van der Waals surface area contributed by atoms with Crippen molar-refractivity contribution in [1.82, 2.24) is 9.62 Å². The van der Waals surface area contributed by atoms with Gasteiger partial charge in [0.05, 0.1) is 16.2 Å². The SMILES string of the molecule is C=CC[C@@]1(C)CC(c2cccc(Cl)c2)[C@@H](c2ccc(Cl)cc2)N([C@@H](CC)CNS(=O)(=O)C(C)(C)C)C1=O. The van der Waals surface area contributed by atoms with Gasteiger partial charge in [-0.1, -0.05) is 67.4 Å². The molecule has 202 valence electrons. The highest BCUT2D eigenvalue weighted by Crippen LogP contribution is 2.52. The van der Waals surface area contributed by atoms with Gasteiger partial charge < -0.3 is 4.90 Å². The van der Waals surface area contributed by atoms with Crippen molar-refractivity contribution in [2.75, 3.05) is 6.54 Å². The number of allylic oxidation sites excluding steroid dienone is 1. The number of nitrogens with zero attached hydrogens (tertiary/aromatic N) is 1. The molecular weight excluding hydrogens is 527 g/mol. The molecule has 4 atom stereocenters. The van der Waals surface area contributed by atoms with E-state index >= 15 is 0 Å². The minimum absolute atomic E-state index is 0.00700. The lowest BCUT2D eigenvalue weighted by molar-refractivity contribution is -0.154. The maximum absolute atomic E-state index is 14.3. The summed E-state index contributed by atoms with van der Waals surface area (Å²) >= 11 is 12.6. The quantitative estimate of drug-likeness (QED) is 0.329. The van der Waals surface area contributed by atoms with Gasteiger partial charge in [0, 0.05) is 28.5 Å².